The quantitative estimate of drug-likeness (QED) is 0.749. The summed E-state index contributed by atoms with van der Waals surface area (Å²) in [7, 11) is -3.38. The highest BCUT2D eigenvalue weighted by Gasteiger charge is 2.27. The monoisotopic (exact) mass is 393 g/mol. The molecular weight excluding hydrogens is 365 g/mol. The Morgan fingerprint density at radius 3 is 2.56 bits per heavy atom. The molecule has 1 atom stereocenters. The number of rotatable bonds is 6. The summed E-state index contributed by atoms with van der Waals surface area (Å²) >= 11 is 0. The number of likely N-dealkylation sites (tertiary alicyclic amines) is 1. The zero-order chi connectivity index (χ0) is 19.6. The molecule has 1 aliphatic rings. The van der Waals surface area contributed by atoms with E-state index in [4.69, 9.17) is 0 Å². The molecule has 1 saturated heterocycles. The smallest absolute Gasteiger partial charge is 0.227 e. The minimum absolute atomic E-state index is 0.140. The normalized spacial score (nSPS) is 18.9. The topological polar surface area (TPSA) is 55.2 Å². The van der Waals surface area contributed by atoms with E-state index >= 15 is 0 Å². The summed E-state index contributed by atoms with van der Waals surface area (Å²) in [6.45, 7) is 6.32. The van der Waals surface area contributed by atoms with Crippen molar-refractivity contribution in [1.29, 1.82) is 0 Å². The molecule has 1 aromatic heterocycles. The fraction of sp³-hybridized carbons (Fsp3) is 0.550. The molecule has 27 heavy (non-hydrogen) atoms. The van der Waals surface area contributed by atoms with Crippen molar-refractivity contribution in [2.24, 2.45) is 5.92 Å². The van der Waals surface area contributed by atoms with Crippen LogP contribution < -0.4 is 0 Å². The number of halogens is 1. The van der Waals surface area contributed by atoms with Gasteiger partial charge in [0.1, 0.15) is 5.82 Å². The molecule has 0 bridgehead atoms. The van der Waals surface area contributed by atoms with Crippen LogP contribution in [0.1, 0.15) is 50.4 Å². The van der Waals surface area contributed by atoms with Crippen molar-refractivity contribution in [1.82, 2.24) is 14.5 Å². The van der Waals surface area contributed by atoms with Gasteiger partial charge in [0.05, 0.1) is 11.9 Å². The maximum absolute atomic E-state index is 13.3. The molecule has 1 fully saturated rings. The van der Waals surface area contributed by atoms with Crippen molar-refractivity contribution in [3.05, 3.63) is 47.5 Å². The first-order valence-corrected chi connectivity index (χ1v) is 11.4. The van der Waals surface area contributed by atoms with Crippen LogP contribution in [-0.2, 0) is 22.9 Å². The highest BCUT2D eigenvalue weighted by atomic mass is 32.2. The summed E-state index contributed by atoms with van der Waals surface area (Å²) < 4.78 is 39.4. The van der Waals surface area contributed by atoms with Gasteiger partial charge in [0.15, 0.2) is 0 Å². The van der Waals surface area contributed by atoms with Gasteiger partial charge >= 0.3 is 0 Å². The van der Waals surface area contributed by atoms with E-state index in [1.165, 1.54) is 18.4 Å². The summed E-state index contributed by atoms with van der Waals surface area (Å²) in [5.74, 6) is 0.0848. The van der Waals surface area contributed by atoms with Crippen molar-refractivity contribution in [3.63, 3.8) is 0 Å². The number of hydrogen-bond donors (Lipinski definition) is 0. The molecule has 0 aliphatic carbocycles. The van der Waals surface area contributed by atoms with Gasteiger partial charge in [0.2, 0.25) is 15.0 Å². The van der Waals surface area contributed by atoms with Crippen LogP contribution in [-0.4, -0.2) is 35.7 Å². The van der Waals surface area contributed by atoms with Gasteiger partial charge in [-0.05, 0) is 43.0 Å². The van der Waals surface area contributed by atoms with E-state index in [0.717, 1.165) is 37.1 Å². The molecule has 5 nitrogen and oxygen atoms in total. The molecular formula is C20H28FN3O2S. The van der Waals surface area contributed by atoms with Gasteiger partial charge in [-0.25, -0.2) is 17.8 Å². The number of piperidine rings is 1. The Labute approximate surface area is 161 Å². The Morgan fingerprint density at radius 1 is 1.22 bits per heavy atom. The molecule has 1 aromatic carbocycles. The molecule has 148 valence electrons. The lowest BCUT2D eigenvalue weighted by atomic mass is 9.95. The molecule has 0 spiro atoms. The van der Waals surface area contributed by atoms with Gasteiger partial charge < -0.3 is 4.57 Å². The average Bonchev–Trinajstić information content (AvgIpc) is 2.98. The SMILES string of the molecule is CC(C)Cn1c(CN2CCCC[C@H]2c2ccc(F)cc2)cnc1S(C)(=O)=O. The number of aromatic nitrogens is 2. The Kier molecular flexibility index (Phi) is 6.01. The highest BCUT2D eigenvalue weighted by molar-refractivity contribution is 7.90. The first-order valence-electron chi connectivity index (χ1n) is 9.49. The van der Waals surface area contributed by atoms with E-state index in [1.54, 1.807) is 6.20 Å². The van der Waals surface area contributed by atoms with E-state index in [1.807, 2.05) is 16.7 Å². The summed E-state index contributed by atoms with van der Waals surface area (Å²) in [6.07, 6.45) is 6.16. The maximum atomic E-state index is 13.3. The third-order valence-electron chi connectivity index (χ3n) is 5.01. The first kappa shape index (κ1) is 20.0. The Bertz CT molecular complexity index is 875. The maximum Gasteiger partial charge on any atom is 0.227 e. The molecule has 7 heteroatoms. The third kappa shape index (κ3) is 4.76. The molecule has 0 radical (unpaired) electrons. The van der Waals surface area contributed by atoms with E-state index in [-0.39, 0.29) is 17.0 Å². The second kappa shape index (κ2) is 8.10. The predicted octanol–water partition coefficient (Wildman–Crippen LogP) is 3.81. The van der Waals surface area contributed by atoms with Crippen LogP contribution in [0.2, 0.25) is 0 Å². The minimum Gasteiger partial charge on any atom is -0.317 e. The number of hydrogen-bond acceptors (Lipinski definition) is 4. The molecule has 2 aromatic rings. The molecule has 1 aliphatic heterocycles. The van der Waals surface area contributed by atoms with E-state index < -0.39 is 9.84 Å². The zero-order valence-electron chi connectivity index (χ0n) is 16.2. The summed E-state index contributed by atoms with van der Waals surface area (Å²) in [4.78, 5) is 6.57. The predicted molar refractivity (Wildman–Crippen MR) is 104 cm³/mol. The highest BCUT2D eigenvalue weighted by Crippen LogP contribution is 2.32. The van der Waals surface area contributed by atoms with Gasteiger partial charge in [-0.15, -0.1) is 0 Å². The number of nitrogens with zero attached hydrogens (tertiary/aromatic N) is 3. The molecule has 0 unspecified atom stereocenters. The van der Waals surface area contributed by atoms with Gasteiger partial charge in [-0.2, -0.15) is 0 Å². The van der Waals surface area contributed by atoms with Crippen LogP contribution in [0.5, 0.6) is 0 Å². The van der Waals surface area contributed by atoms with Crippen molar-refractivity contribution in [2.45, 2.75) is 57.4 Å². The van der Waals surface area contributed by atoms with E-state index in [0.29, 0.717) is 19.0 Å². The summed E-state index contributed by atoms with van der Waals surface area (Å²) in [6, 6.07) is 6.93. The molecule has 0 N–H and O–H groups in total. The number of imidazole rings is 1. The van der Waals surface area contributed by atoms with Crippen LogP contribution in [0.25, 0.3) is 0 Å². The Hall–Kier alpha value is -1.73. The van der Waals surface area contributed by atoms with Crippen molar-refractivity contribution < 1.29 is 12.8 Å². The zero-order valence-corrected chi connectivity index (χ0v) is 17.0. The van der Waals surface area contributed by atoms with Crippen LogP contribution in [0.15, 0.2) is 35.6 Å². The van der Waals surface area contributed by atoms with Crippen LogP contribution in [0.4, 0.5) is 4.39 Å². The second-order valence-corrected chi connectivity index (χ2v) is 9.75. The Morgan fingerprint density at radius 2 is 1.93 bits per heavy atom. The fourth-order valence-corrected chi connectivity index (χ4v) is 4.66. The van der Waals surface area contributed by atoms with E-state index in [9.17, 15) is 12.8 Å². The fourth-order valence-electron chi connectivity index (χ4n) is 3.83. The van der Waals surface area contributed by atoms with Crippen molar-refractivity contribution >= 4 is 9.84 Å². The first-order chi connectivity index (χ1) is 12.8. The third-order valence-corrected chi connectivity index (χ3v) is 6.00. The van der Waals surface area contributed by atoms with Crippen molar-refractivity contribution in [3.8, 4) is 0 Å². The van der Waals surface area contributed by atoms with Crippen LogP contribution in [0.3, 0.4) is 0 Å². The number of sulfone groups is 1. The van der Waals surface area contributed by atoms with Gasteiger partial charge in [0.25, 0.3) is 0 Å². The van der Waals surface area contributed by atoms with Crippen LogP contribution in [0, 0.1) is 11.7 Å². The van der Waals surface area contributed by atoms with Crippen molar-refractivity contribution in [2.75, 3.05) is 12.8 Å². The summed E-state index contributed by atoms with van der Waals surface area (Å²) in [5.41, 5.74) is 2.02. The number of benzene rings is 1. The Balaban J connectivity index is 1.90. The lowest BCUT2D eigenvalue weighted by molar-refractivity contribution is 0.136. The largest absolute Gasteiger partial charge is 0.317 e. The minimum atomic E-state index is -3.38. The molecule has 0 saturated carbocycles. The molecule has 3 rings (SSSR count). The lowest BCUT2D eigenvalue weighted by Gasteiger charge is -2.36. The van der Waals surface area contributed by atoms with Gasteiger partial charge in [-0.3, -0.25) is 4.90 Å². The van der Waals surface area contributed by atoms with Gasteiger partial charge in [0, 0.05) is 25.4 Å². The lowest BCUT2D eigenvalue weighted by Crippen LogP contribution is -2.34. The van der Waals surface area contributed by atoms with Gasteiger partial charge in [-0.1, -0.05) is 32.4 Å². The van der Waals surface area contributed by atoms with E-state index in [2.05, 4.69) is 23.7 Å². The molecule has 2 heterocycles. The van der Waals surface area contributed by atoms with Crippen LogP contribution >= 0.6 is 0 Å². The summed E-state index contributed by atoms with van der Waals surface area (Å²) in [5, 5.41) is 0.140. The standard InChI is InChI=1S/C20H28FN3O2S/c1-15(2)13-24-18(12-22-20(24)27(3,25)26)14-23-11-5-4-6-19(23)16-7-9-17(21)10-8-16/h7-10,12,15,19H,4-6,11,13-14H2,1-3H3/t19-/m0/s1. The second-order valence-electron chi connectivity index (χ2n) is 7.84. The molecule has 0 amide bonds. The average molecular weight is 394 g/mol.